The van der Waals surface area contributed by atoms with Crippen LogP contribution in [0.4, 0.5) is 0 Å². The van der Waals surface area contributed by atoms with Crippen LogP contribution in [0.2, 0.25) is 0 Å². The zero-order valence-electron chi connectivity index (χ0n) is 9.50. The number of nitrogens with two attached hydrogens (primary N) is 1. The molecule has 2 nitrogen and oxygen atoms in total. The summed E-state index contributed by atoms with van der Waals surface area (Å²) in [6.07, 6.45) is 8.69. The maximum Gasteiger partial charge on any atom is 0.0312 e. The normalized spacial score (nSPS) is 27.5. The van der Waals surface area contributed by atoms with Gasteiger partial charge in [-0.3, -0.25) is 0 Å². The zero-order chi connectivity index (χ0) is 10.5. The highest BCUT2D eigenvalue weighted by Gasteiger charge is 2.38. The molecule has 0 amide bonds. The number of aromatic nitrogens is 1. The number of nitrogens with zero attached hydrogens (tertiary/aromatic N) is 1. The van der Waals surface area contributed by atoms with E-state index in [1.54, 1.807) is 0 Å². The summed E-state index contributed by atoms with van der Waals surface area (Å²) < 4.78 is 2.46. The summed E-state index contributed by atoms with van der Waals surface area (Å²) in [6, 6.07) is 2.53. The van der Waals surface area contributed by atoms with Crippen LogP contribution in [0.1, 0.15) is 49.9 Å². The molecule has 82 valence electrons. The summed E-state index contributed by atoms with van der Waals surface area (Å²) in [5.74, 6) is 0. The van der Waals surface area contributed by atoms with Crippen LogP contribution < -0.4 is 5.73 Å². The minimum Gasteiger partial charge on any atom is -0.351 e. The second kappa shape index (κ2) is 3.11. The third-order valence-electron chi connectivity index (χ3n) is 4.10. The van der Waals surface area contributed by atoms with E-state index >= 15 is 0 Å². The van der Waals surface area contributed by atoms with Gasteiger partial charge < -0.3 is 10.3 Å². The van der Waals surface area contributed by atoms with E-state index in [0.717, 1.165) is 6.42 Å². The number of rotatable bonds is 2. The van der Waals surface area contributed by atoms with E-state index in [4.69, 9.17) is 5.73 Å². The predicted octanol–water partition coefficient (Wildman–Crippen LogP) is 2.62. The first-order valence-electron chi connectivity index (χ1n) is 6.11. The molecule has 2 aliphatic carbocycles. The van der Waals surface area contributed by atoms with Gasteiger partial charge in [0.05, 0.1) is 0 Å². The van der Waals surface area contributed by atoms with Crippen molar-refractivity contribution in [3.05, 3.63) is 23.5 Å². The number of fused-ring (bicyclic) bond motifs is 1. The van der Waals surface area contributed by atoms with Crippen molar-refractivity contribution in [3.8, 4) is 0 Å². The lowest BCUT2D eigenvalue weighted by Gasteiger charge is -2.22. The van der Waals surface area contributed by atoms with Gasteiger partial charge in [0.1, 0.15) is 0 Å². The van der Waals surface area contributed by atoms with Crippen LogP contribution >= 0.6 is 0 Å². The van der Waals surface area contributed by atoms with Crippen LogP contribution in [0.5, 0.6) is 0 Å². The lowest BCUT2D eigenvalue weighted by molar-refractivity contribution is 0.443. The first-order valence-corrected chi connectivity index (χ1v) is 6.11. The standard InChI is InChI=1S/C13H20N2/c1-13(6-7-13)9-15-8-5-10-11(14)3-2-4-12(10)15/h5,8,11H,2-4,6-7,9,14H2,1H3. The van der Waals surface area contributed by atoms with Crippen molar-refractivity contribution in [1.29, 1.82) is 0 Å². The van der Waals surface area contributed by atoms with Crippen LogP contribution in [0.15, 0.2) is 12.3 Å². The van der Waals surface area contributed by atoms with Crippen molar-refractivity contribution in [1.82, 2.24) is 4.57 Å². The molecule has 0 spiro atoms. The Labute approximate surface area is 91.5 Å². The van der Waals surface area contributed by atoms with Gasteiger partial charge in [0.15, 0.2) is 0 Å². The molecule has 2 N–H and O–H groups in total. The first-order chi connectivity index (χ1) is 7.18. The van der Waals surface area contributed by atoms with Crippen LogP contribution in [-0.2, 0) is 13.0 Å². The summed E-state index contributed by atoms with van der Waals surface area (Å²) in [6.45, 7) is 3.59. The minimum absolute atomic E-state index is 0.294. The second-order valence-corrected chi connectivity index (χ2v) is 5.66. The van der Waals surface area contributed by atoms with Gasteiger partial charge in [-0.05, 0) is 49.1 Å². The highest BCUT2D eigenvalue weighted by molar-refractivity contribution is 5.28. The fourth-order valence-corrected chi connectivity index (χ4v) is 2.72. The van der Waals surface area contributed by atoms with Crippen molar-refractivity contribution >= 4 is 0 Å². The molecule has 0 radical (unpaired) electrons. The average molecular weight is 204 g/mol. The van der Waals surface area contributed by atoms with Gasteiger partial charge in [0.2, 0.25) is 0 Å². The van der Waals surface area contributed by atoms with E-state index in [2.05, 4.69) is 23.8 Å². The summed E-state index contributed by atoms with van der Waals surface area (Å²) in [5, 5.41) is 0. The topological polar surface area (TPSA) is 30.9 Å². The average Bonchev–Trinajstić information content (AvgIpc) is 2.78. The molecule has 3 rings (SSSR count). The van der Waals surface area contributed by atoms with Crippen LogP contribution in [0, 0.1) is 5.41 Å². The van der Waals surface area contributed by atoms with E-state index in [-0.39, 0.29) is 0 Å². The molecular formula is C13H20N2. The summed E-state index contributed by atoms with van der Waals surface area (Å²) in [5.41, 5.74) is 9.64. The summed E-state index contributed by atoms with van der Waals surface area (Å²) >= 11 is 0. The summed E-state index contributed by atoms with van der Waals surface area (Å²) in [4.78, 5) is 0. The van der Waals surface area contributed by atoms with Crippen LogP contribution in [0.3, 0.4) is 0 Å². The van der Waals surface area contributed by atoms with Crippen molar-refractivity contribution in [2.45, 2.75) is 51.6 Å². The van der Waals surface area contributed by atoms with Gasteiger partial charge >= 0.3 is 0 Å². The highest BCUT2D eigenvalue weighted by atomic mass is 15.0. The molecule has 1 aromatic rings. The Morgan fingerprint density at radius 1 is 1.53 bits per heavy atom. The fraction of sp³-hybridized carbons (Fsp3) is 0.692. The smallest absolute Gasteiger partial charge is 0.0312 e. The second-order valence-electron chi connectivity index (χ2n) is 5.66. The molecule has 1 heterocycles. The monoisotopic (exact) mass is 204 g/mol. The van der Waals surface area contributed by atoms with Crippen molar-refractivity contribution in [2.75, 3.05) is 0 Å². The molecule has 2 heteroatoms. The molecule has 1 saturated carbocycles. The van der Waals surface area contributed by atoms with E-state index in [0.29, 0.717) is 11.5 Å². The Morgan fingerprint density at radius 2 is 2.33 bits per heavy atom. The third kappa shape index (κ3) is 1.61. The third-order valence-corrected chi connectivity index (χ3v) is 4.10. The molecule has 0 aliphatic heterocycles. The quantitative estimate of drug-likeness (QED) is 0.788. The maximum absolute atomic E-state index is 6.13. The van der Waals surface area contributed by atoms with E-state index in [1.165, 1.54) is 43.5 Å². The lowest BCUT2D eigenvalue weighted by atomic mass is 9.93. The van der Waals surface area contributed by atoms with Gasteiger partial charge in [0, 0.05) is 24.5 Å². The molecule has 1 unspecified atom stereocenters. The van der Waals surface area contributed by atoms with Crippen LogP contribution in [0.25, 0.3) is 0 Å². The summed E-state index contributed by atoms with van der Waals surface area (Å²) in [7, 11) is 0. The molecular weight excluding hydrogens is 184 g/mol. The molecule has 0 bridgehead atoms. The van der Waals surface area contributed by atoms with Crippen molar-refractivity contribution in [2.24, 2.45) is 11.1 Å². The Balaban J connectivity index is 1.89. The Bertz CT molecular complexity index is 374. The van der Waals surface area contributed by atoms with Crippen LogP contribution in [-0.4, -0.2) is 4.57 Å². The van der Waals surface area contributed by atoms with E-state index in [9.17, 15) is 0 Å². The molecule has 0 saturated heterocycles. The van der Waals surface area contributed by atoms with Gasteiger partial charge in [-0.25, -0.2) is 0 Å². The van der Waals surface area contributed by atoms with E-state index < -0.39 is 0 Å². The van der Waals surface area contributed by atoms with Gasteiger partial charge in [0.25, 0.3) is 0 Å². The van der Waals surface area contributed by atoms with Gasteiger partial charge in [-0.2, -0.15) is 0 Å². The molecule has 1 atom stereocenters. The SMILES string of the molecule is CC1(Cn2ccc3c2CCCC3N)CC1. The number of hydrogen-bond donors (Lipinski definition) is 1. The van der Waals surface area contributed by atoms with Gasteiger partial charge in [-0.15, -0.1) is 0 Å². The maximum atomic E-state index is 6.13. The fourth-order valence-electron chi connectivity index (χ4n) is 2.72. The first kappa shape index (κ1) is 9.46. The molecule has 1 aromatic heterocycles. The van der Waals surface area contributed by atoms with Crippen molar-refractivity contribution < 1.29 is 0 Å². The molecule has 2 aliphatic rings. The zero-order valence-corrected chi connectivity index (χ0v) is 9.50. The van der Waals surface area contributed by atoms with Crippen molar-refractivity contribution in [3.63, 3.8) is 0 Å². The predicted molar refractivity (Wildman–Crippen MR) is 61.6 cm³/mol. The minimum atomic E-state index is 0.294. The molecule has 1 fully saturated rings. The Kier molecular flexibility index (Phi) is 1.96. The lowest BCUT2D eigenvalue weighted by Crippen LogP contribution is -2.19. The largest absolute Gasteiger partial charge is 0.351 e. The molecule has 15 heavy (non-hydrogen) atoms. The number of hydrogen-bond acceptors (Lipinski definition) is 1. The Morgan fingerprint density at radius 3 is 3.07 bits per heavy atom. The highest BCUT2D eigenvalue weighted by Crippen LogP contribution is 2.47. The van der Waals surface area contributed by atoms with Gasteiger partial charge in [-0.1, -0.05) is 6.92 Å². The molecule has 0 aromatic carbocycles. The van der Waals surface area contributed by atoms with E-state index in [1.807, 2.05) is 0 Å². The Hall–Kier alpha value is -0.760.